The molecule has 2 aliphatic heterocycles. The lowest BCUT2D eigenvalue weighted by Crippen LogP contribution is -2.52. The summed E-state index contributed by atoms with van der Waals surface area (Å²) in [5.41, 5.74) is 5.33. The second-order valence-electron chi connectivity index (χ2n) is 6.00. The van der Waals surface area contributed by atoms with Gasteiger partial charge in [0.05, 0.1) is 19.8 Å². The molecular weight excluding hydrogens is 348 g/mol. The zero-order valence-corrected chi connectivity index (χ0v) is 14.7. The van der Waals surface area contributed by atoms with E-state index in [0.717, 1.165) is 6.42 Å². The molecule has 1 aromatic rings. The molecule has 0 aliphatic carbocycles. The lowest BCUT2D eigenvalue weighted by molar-refractivity contribution is 0.0666. The molecule has 2 N–H and O–H groups in total. The molecule has 1 amide bonds. The third-order valence-corrected chi connectivity index (χ3v) is 6.25. The first-order valence-electron chi connectivity index (χ1n) is 8.22. The number of ether oxygens (including phenoxy) is 2. The van der Waals surface area contributed by atoms with Crippen molar-refractivity contribution in [3.05, 3.63) is 24.0 Å². The van der Waals surface area contributed by atoms with Crippen molar-refractivity contribution >= 4 is 16.1 Å². The molecule has 0 spiro atoms. The van der Waals surface area contributed by atoms with Crippen LogP contribution in [0.2, 0.25) is 0 Å². The van der Waals surface area contributed by atoms with Crippen molar-refractivity contribution in [3.63, 3.8) is 0 Å². The van der Waals surface area contributed by atoms with Crippen LogP contribution in [0.15, 0.2) is 18.3 Å². The number of carbonyl (C=O) groups excluding carboxylic acids is 1. The van der Waals surface area contributed by atoms with Crippen LogP contribution in [-0.2, 0) is 14.9 Å². The summed E-state index contributed by atoms with van der Waals surface area (Å²) in [6.45, 7) is 2.32. The molecule has 0 radical (unpaired) electrons. The van der Waals surface area contributed by atoms with Crippen molar-refractivity contribution in [2.45, 2.75) is 18.9 Å². The standard InChI is InChI=1S/C15H22N4O5S/c16-15(20)14-10-12(3-4-17-14)24-13-2-1-5-19(11-13)25(21,22)18-6-8-23-9-7-18/h3-4,10,13H,1-2,5-9,11H2,(H2,16,20). The second-order valence-corrected chi connectivity index (χ2v) is 7.93. The summed E-state index contributed by atoms with van der Waals surface area (Å²) in [6.07, 6.45) is 2.61. The molecule has 3 heterocycles. The van der Waals surface area contributed by atoms with Gasteiger partial charge in [0.2, 0.25) is 0 Å². The fourth-order valence-corrected chi connectivity index (χ4v) is 4.61. The van der Waals surface area contributed by atoms with E-state index in [0.29, 0.717) is 45.0 Å². The number of morpholine rings is 1. The molecule has 0 bridgehead atoms. The zero-order valence-electron chi connectivity index (χ0n) is 13.8. The summed E-state index contributed by atoms with van der Waals surface area (Å²) in [5, 5.41) is 0. The molecule has 3 rings (SSSR count). The molecule has 138 valence electrons. The van der Waals surface area contributed by atoms with Gasteiger partial charge in [-0.1, -0.05) is 0 Å². The van der Waals surface area contributed by atoms with Gasteiger partial charge in [-0.25, -0.2) is 0 Å². The number of primary amides is 1. The summed E-state index contributed by atoms with van der Waals surface area (Å²) in [4.78, 5) is 15.1. The van der Waals surface area contributed by atoms with Crippen molar-refractivity contribution < 1.29 is 22.7 Å². The number of hydrogen-bond acceptors (Lipinski definition) is 6. The van der Waals surface area contributed by atoms with Crippen LogP contribution in [0.3, 0.4) is 0 Å². The molecule has 1 atom stereocenters. The maximum atomic E-state index is 12.8. The average Bonchev–Trinajstić information content (AvgIpc) is 2.63. The van der Waals surface area contributed by atoms with E-state index in [2.05, 4.69) is 4.98 Å². The van der Waals surface area contributed by atoms with Crippen LogP contribution in [-0.4, -0.2) is 73.4 Å². The minimum absolute atomic E-state index is 0.117. The Balaban J connectivity index is 1.66. The Hall–Kier alpha value is -1.75. The Labute approximate surface area is 146 Å². The van der Waals surface area contributed by atoms with Gasteiger partial charge in [-0.3, -0.25) is 9.78 Å². The van der Waals surface area contributed by atoms with Gasteiger partial charge in [-0.05, 0) is 18.9 Å². The van der Waals surface area contributed by atoms with Crippen LogP contribution in [0.5, 0.6) is 5.75 Å². The first-order valence-corrected chi connectivity index (χ1v) is 9.62. The van der Waals surface area contributed by atoms with E-state index in [1.54, 1.807) is 6.07 Å². The van der Waals surface area contributed by atoms with Crippen LogP contribution in [0.4, 0.5) is 0 Å². The Morgan fingerprint density at radius 3 is 2.76 bits per heavy atom. The summed E-state index contributed by atoms with van der Waals surface area (Å²) in [5.74, 6) is -0.176. The predicted octanol–water partition coefficient (Wildman–Crippen LogP) is -0.399. The lowest BCUT2D eigenvalue weighted by Gasteiger charge is -2.36. The van der Waals surface area contributed by atoms with E-state index in [1.807, 2.05) is 0 Å². The molecular formula is C15H22N4O5S. The molecule has 1 aromatic heterocycles. The summed E-state index contributed by atoms with van der Waals surface area (Å²) < 4.78 is 39.5. The first-order chi connectivity index (χ1) is 12.0. The number of carbonyl (C=O) groups is 1. The van der Waals surface area contributed by atoms with Crippen molar-refractivity contribution in [1.82, 2.24) is 13.6 Å². The monoisotopic (exact) mass is 370 g/mol. The fraction of sp³-hybridized carbons (Fsp3) is 0.600. The lowest BCUT2D eigenvalue weighted by atomic mass is 10.1. The summed E-state index contributed by atoms with van der Waals surface area (Å²) in [7, 11) is -3.51. The number of piperidine rings is 1. The Morgan fingerprint density at radius 2 is 2.04 bits per heavy atom. The number of hydrogen-bond donors (Lipinski definition) is 1. The van der Waals surface area contributed by atoms with Gasteiger partial charge in [0.15, 0.2) is 0 Å². The highest BCUT2D eigenvalue weighted by atomic mass is 32.2. The smallest absolute Gasteiger partial charge is 0.282 e. The number of aromatic nitrogens is 1. The SMILES string of the molecule is NC(=O)c1cc(OC2CCCN(S(=O)(=O)N3CCOCC3)C2)ccn1. The zero-order chi connectivity index (χ0) is 17.9. The molecule has 10 heteroatoms. The molecule has 0 aromatic carbocycles. The van der Waals surface area contributed by atoms with Gasteiger partial charge in [0, 0.05) is 31.9 Å². The summed E-state index contributed by atoms with van der Waals surface area (Å²) in [6, 6.07) is 3.10. The van der Waals surface area contributed by atoms with E-state index in [4.69, 9.17) is 15.2 Å². The molecule has 25 heavy (non-hydrogen) atoms. The highest BCUT2D eigenvalue weighted by Gasteiger charge is 2.35. The van der Waals surface area contributed by atoms with Crippen LogP contribution in [0, 0.1) is 0 Å². The number of pyridine rings is 1. The first kappa shape index (κ1) is 18.1. The maximum Gasteiger partial charge on any atom is 0.282 e. The Kier molecular flexibility index (Phi) is 5.52. The minimum Gasteiger partial charge on any atom is -0.489 e. The van der Waals surface area contributed by atoms with Crippen LogP contribution >= 0.6 is 0 Å². The average molecular weight is 370 g/mol. The fourth-order valence-electron chi connectivity index (χ4n) is 2.96. The van der Waals surface area contributed by atoms with Crippen LogP contribution in [0.25, 0.3) is 0 Å². The normalized spacial score (nSPS) is 23.3. The van der Waals surface area contributed by atoms with E-state index < -0.39 is 16.1 Å². The molecule has 0 saturated carbocycles. The topological polar surface area (TPSA) is 115 Å². The Morgan fingerprint density at radius 1 is 1.28 bits per heavy atom. The quantitative estimate of drug-likeness (QED) is 0.754. The highest BCUT2D eigenvalue weighted by Crippen LogP contribution is 2.22. The van der Waals surface area contributed by atoms with Gasteiger partial charge in [0.25, 0.3) is 16.1 Å². The van der Waals surface area contributed by atoms with E-state index in [1.165, 1.54) is 20.9 Å². The highest BCUT2D eigenvalue weighted by molar-refractivity contribution is 7.86. The molecule has 2 fully saturated rings. The number of nitrogens with zero attached hydrogens (tertiary/aromatic N) is 3. The number of rotatable bonds is 5. The van der Waals surface area contributed by atoms with Gasteiger partial charge >= 0.3 is 0 Å². The summed E-state index contributed by atoms with van der Waals surface area (Å²) >= 11 is 0. The van der Waals surface area contributed by atoms with Gasteiger partial charge in [-0.15, -0.1) is 0 Å². The number of nitrogens with two attached hydrogens (primary N) is 1. The van der Waals surface area contributed by atoms with Gasteiger partial charge in [-0.2, -0.15) is 17.0 Å². The van der Waals surface area contributed by atoms with E-state index in [-0.39, 0.29) is 18.3 Å². The molecule has 2 aliphatic rings. The minimum atomic E-state index is -3.51. The molecule has 9 nitrogen and oxygen atoms in total. The maximum absolute atomic E-state index is 12.8. The third-order valence-electron chi connectivity index (χ3n) is 4.25. The Bertz CT molecular complexity index is 720. The van der Waals surface area contributed by atoms with Crippen LogP contribution < -0.4 is 10.5 Å². The predicted molar refractivity (Wildman–Crippen MR) is 89.3 cm³/mol. The third kappa shape index (κ3) is 4.27. The van der Waals surface area contributed by atoms with Gasteiger partial charge in [0.1, 0.15) is 17.5 Å². The van der Waals surface area contributed by atoms with Gasteiger partial charge < -0.3 is 15.2 Å². The largest absolute Gasteiger partial charge is 0.489 e. The molecule has 2 saturated heterocycles. The second kappa shape index (κ2) is 7.65. The van der Waals surface area contributed by atoms with Crippen molar-refractivity contribution in [2.75, 3.05) is 39.4 Å². The van der Waals surface area contributed by atoms with Crippen molar-refractivity contribution in [1.29, 1.82) is 0 Å². The molecule has 1 unspecified atom stereocenters. The van der Waals surface area contributed by atoms with E-state index >= 15 is 0 Å². The van der Waals surface area contributed by atoms with Crippen molar-refractivity contribution in [3.8, 4) is 5.75 Å². The number of amides is 1. The van der Waals surface area contributed by atoms with Crippen LogP contribution in [0.1, 0.15) is 23.3 Å². The van der Waals surface area contributed by atoms with E-state index in [9.17, 15) is 13.2 Å². The van der Waals surface area contributed by atoms with Crippen molar-refractivity contribution in [2.24, 2.45) is 5.73 Å².